The molecule has 7 rings (SSSR count). The maximum Gasteiger partial charge on any atom is 0.287 e. The highest BCUT2D eigenvalue weighted by atomic mass is 16.3. The molecule has 4 aromatic heterocycles. The minimum Gasteiger partial charge on any atom is -0.464 e. The van der Waals surface area contributed by atoms with Crippen LogP contribution in [0.4, 0.5) is 0 Å². The summed E-state index contributed by atoms with van der Waals surface area (Å²) in [7, 11) is 2.09. The van der Waals surface area contributed by atoms with Gasteiger partial charge in [-0.2, -0.15) is 0 Å². The SMILES string of the molecule is Cc1ccc2c3ccoc3cc3c2c1c1c2c(nc[n+]1C)c1ccccc1n32. The zero-order valence-corrected chi connectivity index (χ0v) is 15.5. The number of rotatable bonds is 0. The monoisotopic (exact) mass is 362 g/mol. The predicted molar refractivity (Wildman–Crippen MR) is 112 cm³/mol. The molecule has 4 nitrogen and oxygen atoms in total. The van der Waals surface area contributed by atoms with Crippen molar-refractivity contribution in [1.29, 1.82) is 0 Å². The van der Waals surface area contributed by atoms with Gasteiger partial charge in [0, 0.05) is 22.2 Å². The highest BCUT2D eigenvalue weighted by Gasteiger charge is 2.25. The molecular weight excluding hydrogens is 346 g/mol. The van der Waals surface area contributed by atoms with E-state index in [-0.39, 0.29) is 0 Å². The standard InChI is InChI=1S/C24H16N3O/c1-13-7-8-15-14-9-10-28-19(14)11-18-21(15)20(13)23-24-22(25-12-26(23)2)16-5-3-4-6-17(16)27(18)24/h3-12H,1-2H3/q+1. The molecule has 0 unspecified atom stereocenters. The topological polar surface area (TPSA) is 34.3 Å². The molecule has 0 spiro atoms. The summed E-state index contributed by atoms with van der Waals surface area (Å²) in [5.74, 6) is 0. The number of hydrogen-bond donors (Lipinski definition) is 0. The number of benzene rings is 3. The predicted octanol–water partition coefficient (Wildman–Crippen LogP) is 5.26. The summed E-state index contributed by atoms with van der Waals surface area (Å²) in [6, 6.07) is 17.2. The first-order valence-electron chi connectivity index (χ1n) is 9.46. The van der Waals surface area contributed by atoms with E-state index in [1.54, 1.807) is 6.26 Å². The molecule has 0 radical (unpaired) electrons. The fourth-order valence-corrected chi connectivity index (χ4v) is 5.02. The van der Waals surface area contributed by atoms with Gasteiger partial charge in [-0.05, 0) is 41.1 Å². The average molecular weight is 362 g/mol. The summed E-state index contributed by atoms with van der Waals surface area (Å²) in [5, 5.41) is 6.15. The van der Waals surface area contributed by atoms with Gasteiger partial charge in [0.05, 0.1) is 29.7 Å². The Morgan fingerprint density at radius 3 is 2.75 bits per heavy atom. The molecule has 0 saturated carbocycles. The third-order valence-corrected chi connectivity index (χ3v) is 6.19. The molecular formula is C24H16N3O+. The van der Waals surface area contributed by atoms with E-state index < -0.39 is 0 Å². The van der Waals surface area contributed by atoms with Crippen LogP contribution in [0.1, 0.15) is 5.56 Å². The maximum atomic E-state index is 5.82. The van der Waals surface area contributed by atoms with Gasteiger partial charge in [0.25, 0.3) is 6.33 Å². The largest absolute Gasteiger partial charge is 0.464 e. The van der Waals surface area contributed by atoms with E-state index in [0.717, 1.165) is 16.5 Å². The van der Waals surface area contributed by atoms with Gasteiger partial charge in [-0.3, -0.25) is 0 Å². The van der Waals surface area contributed by atoms with E-state index in [0.29, 0.717) is 0 Å². The third kappa shape index (κ3) is 1.46. The molecule has 0 aliphatic heterocycles. The van der Waals surface area contributed by atoms with Crippen LogP contribution in [0.3, 0.4) is 0 Å². The molecule has 4 heterocycles. The minimum absolute atomic E-state index is 0.917. The first kappa shape index (κ1) is 14.4. The third-order valence-electron chi connectivity index (χ3n) is 6.19. The first-order valence-corrected chi connectivity index (χ1v) is 9.46. The van der Waals surface area contributed by atoms with E-state index >= 15 is 0 Å². The molecule has 0 aliphatic rings. The van der Waals surface area contributed by atoms with Gasteiger partial charge in [-0.15, -0.1) is 0 Å². The van der Waals surface area contributed by atoms with Crippen molar-refractivity contribution in [1.82, 2.24) is 9.38 Å². The number of para-hydroxylation sites is 1. The lowest BCUT2D eigenvalue weighted by Gasteiger charge is -2.14. The number of hydrogen-bond acceptors (Lipinski definition) is 2. The lowest BCUT2D eigenvalue weighted by Crippen LogP contribution is -2.30. The molecule has 4 heteroatoms. The van der Waals surface area contributed by atoms with Gasteiger partial charge < -0.3 is 8.82 Å². The van der Waals surface area contributed by atoms with Crippen molar-refractivity contribution in [3.8, 4) is 0 Å². The summed E-state index contributed by atoms with van der Waals surface area (Å²) >= 11 is 0. The number of aromatic nitrogens is 3. The van der Waals surface area contributed by atoms with Gasteiger partial charge in [0.2, 0.25) is 5.52 Å². The summed E-state index contributed by atoms with van der Waals surface area (Å²) in [4.78, 5) is 4.81. The van der Waals surface area contributed by atoms with E-state index in [1.165, 1.54) is 49.2 Å². The smallest absolute Gasteiger partial charge is 0.287 e. The summed E-state index contributed by atoms with van der Waals surface area (Å²) in [6.45, 7) is 2.20. The van der Waals surface area contributed by atoms with Gasteiger partial charge in [-0.25, -0.2) is 4.57 Å². The number of pyridine rings is 1. The minimum atomic E-state index is 0.917. The molecule has 0 bridgehead atoms. The Bertz CT molecular complexity index is 1730. The van der Waals surface area contributed by atoms with Crippen LogP contribution in [0.25, 0.3) is 60.1 Å². The molecule has 0 saturated heterocycles. The van der Waals surface area contributed by atoms with Gasteiger partial charge >= 0.3 is 0 Å². The van der Waals surface area contributed by atoms with Crippen molar-refractivity contribution in [2.24, 2.45) is 7.05 Å². The molecule has 0 atom stereocenters. The second-order valence-corrected chi connectivity index (χ2v) is 7.66. The van der Waals surface area contributed by atoms with Gasteiger partial charge in [0.15, 0.2) is 5.52 Å². The maximum absolute atomic E-state index is 5.82. The number of aryl methyl sites for hydroxylation is 2. The Labute approximate surface area is 159 Å². The van der Waals surface area contributed by atoms with Crippen molar-refractivity contribution in [2.75, 3.05) is 0 Å². The van der Waals surface area contributed by atoms with Crippen molar-refractivity contribution in [3.63, 3.8) is 0 Å². The summed E-state index contributed by atoms with van der Waals surface area (Å²) < 4.78 is 10.3. The molecule has 3 aromatic carbocycles. The van der Waals surface area contributed by atoms with E-state index in [9.17, 15) is 0 Å². The van der Waals surface area contributed by atoms with Crippen LogP contribution in [0.15, 0.2) is 65.5 Å². The number of furan rings is 1. The van der Waals surface area contributed by atoms with Gasteiger partial charge in [0.1, 0.15) is 11.1 Å². The van der Waals surface area contributed by atoms with Crippen molar-refractivity contribution in [2.45, 2.75) is 6.92 Å². The molecule has 7 aromatic rings. The van der Waals surface area contributed by atoms with Crippen LogP contribution in [-0.4, -0.2) is 9.38 Å². The number of nitrogens with zero attached hydrogens (tertiary/aromatic N) is 3. The van der Waals surface area contributed by atoms with Crippen molar-refractivity contribution < 1.29 is 8.98 Å². The van der Waals surface area contributed by atoms with Crippen LogP contribution in [0.5, 0.6) is 0 Å². The molecule has 132 valence electrons. The Hall–Kier alpha value is -3.66. The highest BCUT2D eigenvalue weighted by Crippen LogP contribution is 2.41. The highest BCUT2D eigenvalue weighted by molar-refractivity contribution is 6.28. The zero-order valence-electron chi connectivity index (χ0n) is 15.5. The van der Waals surface area contributed by atoms with Gasteiger partial charge in [-0.1, -0.05) is 24.3 Å². The molecule has 0 amide bonds. The van der Waals surface area contributed by atoms with Crippen molar-refractivity contribution >= 4 is 60.1 Å². The zero-order chi connectivity index (χ0) is 18.6. The van der Waals surface area contributed by atoms with Crippen LogP contribution in [0.2, 0.25) is 0 Å². The second kappa shape index (κ2) is 4.60. The van der Waals surface area contributed by atoms with Crippen LogP contribution < -0.4 is 4.57 Å². The normalized spacial score (nSPS) is 12.6. The summed E-state index contributed by atoms with van der Waals surface area (Å²) in [6.07, 6.45) is 3.72. The quantitative estimate of drug-likeness (QED) is 0.209. The summed E-state index contributed by atoms with van der Waals surface area (Å²) in [5.41, 5.74) is 7.97. The molecule has 28 heavy (non-hydrogen) atoms. The van der Waals surface area contributed by atoms with E-state index in [1.807, 2.05) is 6.33 Å². The lowest BCUT2D eigenvalue weighted by atomic mass is 9.96. The first-order chi connectivity index (χ1) is 13.7. The molecule has 0 fully saturated rings. The Balaban J connectivity index is 2.02. The van der Waals surface area contributed by atoms with Crippen LogP contribution in [-0.2, 0) is 7.05 Å². The Morgan fingerprint density at radius 2 is 1.82 bits per heavy atom. The van der Waals surface area contributed by atoms with Crippen LogP contribution in [0, 0.1) is 6.92 Å². The lowest BCUT2D eigenvalue weighted by molar-refractivity contribution is -0.647. The fraction of sp³-hybridized carbons (Fsp3) is 0.0833. The second-order valence-electron chi connectivity index (χ2n) is 7.66. The average Bonchev–Trinajstić information content (AvgIpc) is 3.31. The fourth-order valence-electron chi connectivity index (χ4n) is 5.02. The molecule has 0 N–H and O–H groups in total. The van der Waals surface area contributed by atoms with Crippen molar-refractivity contribution in [3.05, 3.63) is 66.7 Å². The Kier molecular flexibility index (Phi) is 2.36. The Morgan fingerprint density at radius 1 is 0.929 bits per heavy atom. The van der Waals surface area contributed by atoms with Crippen LogP contribution >= 0.6 is 0 Å². The number of fused-ring (bicyclic) bond motifs is 7. The molecule has 0 aliphatic carbocycles. The van der Waals surface area contributed by atoms with E-state index in [2.05, 4.69) is 71.5 Å². The van der Waals surface area contributed by atoms with E-state index in [4.69, 9.17) is 9.40 Å².